The molecule has 1 aromatic heterocycles. The Bertz CT molecular complexity index is 1070. The molecule has 1 aliphatic heterocycles. The Labute approximate surface area is 201 Å². The summed E-state index contributed by atoms with van der Waals surface area (Å²) in [6.07, 6.45) is 1.77. The number of methoxy groups -OCH3 is 1. The Morgan fingerprint density at radius 3 is 2.50 bits per heavy atom. The molecule has 7 heteroatoms. The third kappa shape index (κ3) is 5.66. The van der Waals surface area contributed by atoms with Gasteiger partial charge in [0.15, 0.2) is 0 Å². The second-order valence-corrected chi connectivity index (χ2v) is 8.58. The first-order valence-electron chi connectivity index (χ1n) is 11.5. The lowest BCUT2D eigenvalue weighted by molar-refractivity contribution is -0.135. The van der Waals surface area contributed by atoms with E-state index in [1.165, 1.54) is 0 Å². The number of aromatic nitrogens is 1. The van der Waals surface area contributed by atoms with Gasteiger partial charge in [0.05, 0.1) is 12.8 Å². The summed E-state index contributed by atoms with van der Waals surface area (Å²) in [6.45, 7) is 3.27. The van der Waals surface area contributed by atoms with Crippen LogP contribution in [-0.2, 0) is 17.9 Å². The highest BCUT2D eigenvalue weighted by Gasteiger charge is 2.34. The number of anilines is 1. The highest BCUT2D eigenvalue weighted by atomic mass is 16.5. The van der Waals surface area contributed by atoms with Gasteiger partial charge in [0.25, 0.3) is 0 Å². The van der Waals surface area contributed by atoms with Gasteiger partial charge in [-0.15, -0.1) is 0 Å². The van der Waals surface area contributed by atoms with E-state index in [1.807, 2.05) is 74.8 Å². The van der Waals surface area contributed by atoms with Crippen LogP contribution in [-0.4, -0.2) is 67.6 Å². The van der Waals surface area contributed by atoms with Crippen LogP contribution in [0.5, 0.6) is 11.5 Å². The maximum Gasteiger partial charge on any atom is 0.241 e. The fourth-order valence-electron chi connectivity index (χ4n) is 4.20. The molecule has 2 heterocycles. The van der Waals surface area contributed by atoms with Crippen LogP contribution in [0.25, 0.3) is 0 Å². The summed E-state index contributed by atoms with van der Waals surface area (Å²) in [4.78, 5) is 23.7. The lowest BCUT2D eigenvalue weighted by atomic mass is 10.1. The average molecular weight is 461 g/mol. The standard InChI is InChI=1S/C27H32N4O3/c1-29(2)27(32)25-19-30(23-11-13-24(33-3)14-12-23)16-17-31(25)18-21-8-4-5-10-26(21)34-20-22-9-6-7-15-28-22/h4-15,25H,16-20H2,1-3H3/t25-/m1/s1. The topological polar surface area (TPSA) is 58.1 Å². The van der Waals surface area contributed by atoms with E-state index in [9.17, 15) is 4.79 Å². The van der Waals surface area contributed by atoms with Crippen LogP contribution < -0.4 is 14.4 Å². The summed E-state index contributed by atoms with van der Waals surface area (Å²) in [5, 5.41) is 0. The molecule has 0 N–H and O–H groups in total. The number of pyridine rings is 1. The SMILES string of the molecule is COc1ccc(N2CCN(Cc3ccccc3OCc3ccccn3)[C@@H](C(=O)N(C)C)C2)cc1. The number of carbonyl (C=O) groups excluding carboxylic acids is 1. The molecule has 1 saturated heterocycles. The maximum absolute atomic E-state index is 13.2. The van der Waals surface area contributed by atoms with Crippen LogP contribution >= 0.6 is 0 Å². The Balaban J connectivity index is 1.50. The van der Waals surface area contributed by atoms with E-state index >= 15 is 0 Å². The van der Waals surface area contributed by atoms with E-state index < -0.39 is 0 Å². The molecule has 178 valence electrons. The van der Waals surface area contributed by atoms with Crippen LogP contribution in [0.15, 0.2) is 72.9 Å². The molecule has 0 spiro atoms. The molecule has 34 heavy (non-hydrogen) atoms. The number of rotatable bonds is 8. The number of ether oxygens (including phenoxy) is 2. The van der Waals surface area contributed by atoms with Crippen molar-refractivity contribution in [1.29, 1.82) is 0 Å². The fourth-order valence-corrected chi connectivity index (χ4v) is 4.20. The predicted molar refractivity (Wildman–Crippen MR) is 133 cm³/mol. The van der Waals surface area contributed by atoms with Crippen molar-refractivity contribution >= 4 is 11.6 Å². The van der Waals surface area contributed by atoms with E-state index in [1.54, 1.807) is 18.2 Å². The summed E-state index contributed by atoms with van der Waals surface area (Å²) in [7, 11) is 5.30. The van der Waals surface area contributed by atoms with Gasteiger partial charge in [-0.1, -0.05) is 24.3 Å². The van der Waals surface area contributed by atoms with Gasteiger partial charge in [0.2, 0.25) is 5.91 Å². The number of benzene rings is 2. The normalized spacial score (nSPS) is 16.2. The fraction of sp³-hybridized carbons (Fsp3) is 0.333. The summed E-state index contributed by atoms with van der Waals surface area (Å²) < 4.78 is 11.4. The van der Waals surface area contributed by atoms with Crippen molar-refractivity contribution in [3.05, 3.63) is 84.2 Å². The number of carbonyl (C=O) groups is 1. The smallest absolute Gasteiger partial charge is 0.241 e. The highest BCUT2D eigenvalue weighted by Crippen LogP contribution is 2.26. The molecule has 0 bridgehead atoms. The third-order valence-corrected chi connectivity index (χ3v) is 6.10. The monoisotopic (exact) mass is 460 g/mol. The Kier molecular flexibility index (Phi) is 7.65. The van der Waals surface area contributed by atoms with Crippen LogP contribution in [0.4, 0.5) is 5.69 Å². The molecular weight excluding hydrogens is 428 g/mol. The number of hydrogen-bond donors (Lipinski definition) is 0. The lowest BCUT2D eigenvalue weighted by Gasteiger charge is -2.42. The van der Waals surface area contributed by atoms with E-state index in [4.69, 9.17) is 9.47 Å². The van der Waals surface area contributed by atoms with Crippen LogP contribution in [0.3, 0.4) is 0 Å². The van der Waals surface area contributed by atoms with Gasteiger partial charge in [0.1, 0.15) is 24.1 Å². The van der Waals surface area contributed by atoms with Crippen molar-refractivity contribution in [2.45, 2.75) is 19.2 Å². The van der Waals surface area contributed by atoms with Gasteiger partial charge < -0.3 is 19.3 Å². The van der Waals surface area contributed by atoms with Crippen LogP contribution in [0.2, 0.25) is 0 Å². The van der Waals surface area contributed by atoms with Crippen molar-refractivity contribution in [1.82, 2.24) is 14.8 Å². The minimum atomic E-state index is -0.255. The lowest BCUT2D eigenvalue weighted by Crippen LogP contribution is -2.58. The summed E-state index contributed by atoms with van der Waals surface area (Å²) >= 11 is 0. The number of likely N-dealkylation sites (N-methyl/N-ethyl adjacent to an activating group) is 1. The van der Waals surface area contributed by atoms with E-state index in [2.05, 4.69) is 20.9 Å². The largest absolute Gasteiger partial charge is 0.497 e. The first-order valence-corrected chi connectivity index (χ1v) is 11.5. The molecule has 0 aliphatic carbocycles. The molecule has 1 atom stereocenters. The van der Waals surface area contributed by atoms with Crippen molar-refractivity contribution in [2.24, 2.45) is 0 Å². The van der Waals surface area contributed by atoms with Gasteiger partial charge in [-0.2, -0.15) is 0 Å². The van der Waals surface area contributed by atoms with Gasteiger partial charge in [-0.3, -0.25) is 14.7 Å². The van der Waals surface area contributed by atoms with Crippen molar-refractivity contribution in [3.8, 4) is 11.5 Å². The Hall–Kier alpha value is -3.58. The molecule has 2 aromatic carbocycles. The second-order valence-electron chi connectivity index (χ2n) is 8.58. The average Bonchev–Trinajstić information content (AvgIpc) is 2.88. The molecule has 0 radical (unpaired) electrons. The number of amides is 1. The van der Waals surface area contributed by atoms with Crippen molar-refractivity contribution < 1.29 is 14.3 Å². The minimum Gasteiger partial charge on any atom is -0.497 e. The molecule has 1 fully saturated rings. The summed E-state index contributed by atoms with van der Waals surface area (Å²) in [5.41, 5.74) is 3.04. The quantitative estimate of drug-likeness (QED) is 0.513. The van der Waals surface area contributed by atoms with E-state index in [0.29, 0.717) is 19.7 Å². The zero-order valence-electron chi connectivity index (χ0n) is 20.1. The zero-order valence-corrected chi connectivity index (χ0v) is 20.1. The minimum absolute atomic E-state index is 0.102. The third-order valence-electron chi connectivity index (χ3n) is 6.10. The van der Waals surface area contributed by atoms with Crippen LogP contribution in [0.1, 0.15) is 11.3 Å². The van der Waals surface area contributed by atoms with Gasteiger partial charge >= 0.3 is 0 Å². The van der Waals surface area contributed by atoms with Gasteiger partial charge in [0, 0.05) is 57.7 Å². The van der Waals surface area contributed by atoms with Gasteiger partial charge in [-0.05, 0) is 42.5 Å². The molecule has 0 saturated carbocycles. The van der Waals surface area contributed by atoms with E-state index in [-0.39, 0.29) is 11.9 Å². The molecule has 7 nitrogen and oxygen atoms in total. The first kappa shape index (κ1) is 23.6. The van der Waals surface area contributed by atoms with Gasteiger partial charge in [-0.25, -0.2) is 0 Å². The van der Waals surface area contributed by atoms with Crippen LogP contribution in [0, 0.1) is 0 Å². The predicted octanol–water partition coefficient (Wildman–Crippen LogP) is 3.45. The zero-order chi connectivity index (χ0) is 23.9. The van der Waals surface area contributed by atoms with Crippen molar-refractivity contribution in [3.63, 3.8) is 0 Å². The number of hydrogen-bond acceptors (Lipinski definition) is 6. The molecule has 3 aromatic rings. The molecule has 4 rings (SSSR count). The number of nitrogens with zero attached hydrogens (tertiary/aromatic N) is 4. The second kappa shape index (κ2) is 11.0. The highest BCUT2D eigenvalue weighted by molar-refractivity contribution is 5.82. The molecule has 0 unspecified atom stereocenters. The molecule has 1 amide bonds. The Morgan fingerprint density at radius 2 is 1.79 bits per heavy atom. The summed E-state index contributed by atoms with van der Waals surface area (Å²) in [5.74, 6) is 1.75. The Morgan fingerprint density at radius 1 is 1.03 bits per heavy atom. The molecule has 1 aliphatic rings. The van der Waals surface area contributed by atoms with E-state index in [0.717, 1.165) is 41.5 Å². The maximum atomic E-state index is 13.2. The molecular formula is C27H32N4O3. The summed E-state index contributed by atoms with van der Waals surface area (Å²) in [6, 6.07) is 21.6. The number of piperazine rings is 1. The van der Waals surface area contributed by atoms with Crippen molar-refractivity contribution in [2.75, 3.05) is 45.7 Å². The first-order chi connectivity index (χ1) is 16.5. The number of para-hydroxylation sites is 1.